The Morgan fingerprint density at radius 2 is 2.11 bits per heavy atom. The van der Waals surface area contributed by atoms with Crippen LogP contribution in [0.5, 0.6) is 5.88 Å². The van der Waals surface area contributed by atoms with Crippen molar-refractivity contribution in [1.29, 1.82) is 5.26 Å². The number of aromatic nitrogens is 1. The molecule has 4 nitrogen and oxygen atoms in total. The van der Waals surface area contributed by atoms with E-state index in [1.165, 1.54) is 0 Å². The SMILES string of the molecule is Cc1cc(C#N)cc(OCCc2ccccc2N)n1. The van der Waals surface area contributed by atoms with Crippen molar-refractivity contribution < 1.29 is 4.74 Å². The molecule has 1 heterocycles. The lowest BCUT2D eigenvalue weighted by atomic mass is 10.1. The van der Waals surface area contributed by atoms with Crippen LogP contribution in [0.15, 0.2) is 36.4 Å². The predicted molar refractivity (Wildman–Crippen MR) is 73.7 cm³/mol. The van der Waals surface area contributed by atoms with Gasteiger partial charge in [-0.3, -0.25) is 0 Å². The maximum atomic E-state index is 8.88. The molecule has 0 saturated heterocycles. The quantitative estimate of drug-likeness (QED) is 0.849. The monoisotopic (exact) mass is 253 g/mol. The average molecular weight is 253 g/mol. The second-order valence-electron chi connectivity index (χ2n) is 4.24. The van der Waals surface area contributed by atoms with Gasteiger partial charge >= 0.3 is 0 Å². The molecule has 0 atom stereocenters. The fourth-order valence-electron chi connectivity index (χ4n) is 1.80. The number of anilines is 1. The zero-order valence-corrected chi connectivity index (χ0v) is 10.8. The normalized spacial score (nSPS) is 9.89. The van der Waals surface area contributed by atoms with Crippen LogP contribution in [-0.2, 0) is 6.42 Å². The average Bonchev–Trinajstić information content (AvgIpc) is 2.40. The molecule has 0 spiro atoms. The molecular formula is C15H15N3O. The van der Waals surface area contributed by atoms with Crippen LogP contribution in [0.1, 0.15) is 16.8 Å². The molecule has 0 radical (unpaired) electrons. The van der Waals surface area contributed by atoms with Crippen molar-refractivity contribution in [3.63, 3.8) is 0 Å². The Hall–Kier alpha value is -2.54. The van der Waals surface area contributed by atoms with Gasteiger partial charge in [0.2, 0.25) is 5.88 Å². The number of benzene rings is 1. The van der Waals surface area contributed by atoms with Crippen LogP contribution in [0.25, 0.3) is 0 Å². The topological polar surface area (TPSA) is 71.9 Å². The minimum absolute atomic E-state index is 0.478. The molecule has 0 aliphatic rings. The minimum Gasteiger partial charge on any atom is -0.477 e. The number of nitrogen functional groups attached to an aromatic ring is 1. The summed E-state index contributed by atoms with van der Waals surface area (Å²) in [4.78, 5) is 4.23. The van der Waals surface area contributed by atoms with Crippen molar-refractivity contribution in [1.82, 2.24) is 4.98 Å². The van der Waals surface area contributed by atoms with Crippen molar-refractivity contribution in [2.24, 2.45) is 0 Å². The molecule has 2 N–H and O–H groups in total. The molecule has 0 saturated carbocycles. The number of para-hydroxylation sites is 1. The van der Waals surface area contributed by atoms with Crippen molar-refractivity contribution in [3.8, 4) is 11.9 Å². The molecule has 1 aromatic carbocycles. The van der Waals surface area contributed by atoms with E-state index in [0.717, 1.165) is 16.9 Å². The zero-order valence-electron chi connectivity index (χ0n) is 10.8. The standard InChI is InChI=1S/C15H15N3O/c1-11-8-12(10-16)9-15(18-11)19-7-6-13-4-2-3-5-14(13)17/h2-5,8-9H,6-7,17H2,1H3. The number of hydrogen-bond acceptors (Lipinski definition) is 4. The van der Waals surface area contributed by atoms with E-state index >= 15 is 0 Å². The van der Waals surface area contributed by atoms with Crippen molar-refractivity contribution in [3.05, 3.63) is 53.2 Å². The summed E-state index contributed by atoms with van der Waals surface area (Å²) in [7, 11) is 0. The van der Waals surface area contributed by atoms with Crippen LogP contribution in [-0.4, -0.2) is 11.6 Å². The second-order valence-corrected chi connectivity index (χ2v) is 4.24. The van der Waals surface area contributed by atoms with Crippen molar-refractivity contribution >= 4 is 5.69 Å². The van der Waals surface area contributed by atoms with E-state index in [2.05, 4.69) is 11.1 Å². The van der Waals surface area contributed by atoms with Gasteiger partial charge in [-0.05, 0) is 24.6 Å². The Bertz CT molecular complexity index is 617. The summed E-state index contributed by atoms with van der Waals surface area (Å²) in [6.45, 7) is 2.32. The predicted octanol–water partition coefficient (Wildman–Crippen LogP) is 2.47. The molecule has 4 heteroatoms. The third kappa shape index (κ3) is 3.46. The molecule has 2 rings (SSSR count). The number of nitrogens with two attached hydrogens (primary N) is 1. The Morgan fingerprint density at radius 3 is 2.84 bits per heavy atom. The summed E-state index contributed by atoms with van der Waals surface area (Å²) in [5.74, 6) is 0.478. The lowest BCUT2D eigenvalue weighted by molar-refractivity contribution is 0.309. The van der Waals surface area contributed by atoms with E-state index in [9.17, 15) is 0 Å². The van der Waals surface area contributed by atoms with E-state index in [-0.39, 0.29) is 0 Å². The molecule has 96 valence electrons. The van der Waals surface area contributed by atoms with Gasteiger partial charge in [0.1, 0.15) is 0 Å². The Balaban J connectivity index is 1.98. The number of nitrogens with zero attached hydrogens (tertiary/aromatic N) is 2. The molecule has 0 unspecified atom stereocenters. The molecule has 0 amide bonds. The first-order valence-electron chi connectivity index (χ1n) is 6.04. The summed E-state index contributed by atoms with van der Waals surface area (Å²) in [6, 6.07) is 13.1. The highest BCUT2D eigenvalue weighted by Crippen LogP contribution is 2.14. The third-order valence-corrected chi connectivity index (χ3v) is 2.74. The molecule has 0 fully saturated rings. The molecule has 19 heavy (non-hydrogen) atoms. The smallest absolute Gasteiger partial charge is 0.214 e. The lowest BCUT2D eigenvalue weighted by Gasteiger charge is -2.08. The third-order valence-electron chi connectivity index (χ3n) is 2.74. The highest BCUT2D eigenvalue weighted by atomic mass is 16.5. The molecule has 0 bridgehead atoms. The lowest BCUT2D eigenvalue weighted by Crippen LogP contribution is -2.05. The van der Waals surface area contributed by atoms with Crippen LogP contribution in [0.2, 0.25) is 0 Å². The van der Waals surface area contributed by atoms with Gasteiger partial charge in [-0.15, -0.1) is 0 Å². The number of aryl methyl sites for hydroxylation is 1. The van der Waals surface area contributed by atoms with E-state index < -0.39 is 0 Å². The summed E-state index contributed by atoms with van der Waals surface area (Å²) >= 11 is 0. The van der Waals surface area contributed by atoms with Crippen molar-refractivity contribution in [2.45, 2.75) is 13.3 Å². The Kier molecular flexibility index (Phi) is 3.99. The first-order valence-corrected chi connectivity index (χ1v) is 6.04. The fraction of sp³-hybridized carbons (Fsp3) is 0.200. The van der Waals surface area contributed by atoms with Gasteiger partial charge in [-0.25, -0.2) is 4.98 Å². The second kappa shape index (κ2) is 5.87. The molecule has 2 aromatic rings. The number of hydrogen-bond donors (Lipinski definition) is 1. The van der Waals surface area contributed by atoms with E-state index in [4.69, 9.17) is 15.7 Å². The van der Waals surface area contributed by atoms with Gasteiger partial charge < -0.3 is 10.5 Å². The van der Waals surface area contributed by atoms with Crippen molar-refractivity contribution in [2.75, 3.05) is 12.3 Å². The number of ether oxygens (including phenoxy) is 1. The fourth-order valence-corrected chi connectivity index (χ4v) is 1.80. The van der Waals surface area contributed by atoms with Gasteiger partial charge in [-0.2, -0.15) is 5.26 Å². The first-order chi connectivity index (χ1) is 9.19. The number of rotatable bonds is 4. The van der Waals surface area contributed by atoms with Crippen LogP contribution in [0.3, 0.4) is 0 Å². The maximum absolute atomic E-state index is 8.88. The highest BCUT2D eigenvalue weighted by Gasteiger charge is 2.02. The van der Waals surface area contributed by atoms with E-state index in [0.29, 0.717) is 24.5 Å². The summed E-state index contributed by atoms with van der Waals surface area (Å²) in [5.41, 5.74) is 9.00. The van der Waals surface area contributed by atoms with Crippen LogP contribution in [0, 0.1) is 18.3 Å². The van der Waals surface area contributed by atoms with Crippen LogP contribution < -0.4 is 10.5 Å². The molecular weight excluding hydrogens is 238 g/mol. The molecule has 1 aromatic heterocycles. The largest absolute Gasteiger partial charge is 0.477 e. The van der Waals surface area contributed by atoms with E-state index in [1.807, 2.05) is 31.2 Å². The summed E-state index contributed by atoms with van der Waals surface area (Å²) in [6.07, 6.45) is 0.712. The highest BCUT2D eigenvalue weighted by molar-refractivity contribution is 5.46. The van der Waals surface area contributed by atoms with Crippen LogP contribution >= 0.6 is 0 Å². The zero-order chi connectivity index (χ0) is 13.7. The van der Waals surface area contributed by atoms with Gasteiger partial charge in [-0.1, -0.05) is 18.2 Å². The van der Waals surface area contributed by atoms with Gasteiger partial charge in [0.15, 0.2) is 0 Å². The van der Waals surface area contributed by atoms with Gasteiger partial charge in [0.05, 0.1) is 18.2 Å². The Labute approximate surface area is 112 Å². The van der Waals surface area contributed by atoms with Crippen LogP contribution in [0.4, 0.5) is 5.69 Å². The molecule has 0 aliphatic heterocycles. The van der Waals surface area contributed by atoms with Gasteiger partial charge in [0, 0.05) is 23.9 Å². The summed E-state index contributed by atoms with van der Waals surface area (Å²) < 4.78 is 5.57. The first kappa shape index (κ1) is 12.9. The van der Waals surface area contributed by atoms with E-state index in [1.54, 1.807) is 12.1 Å². The number of pyridine rings is 1. The summed E-state index contributed by atoms with van der Waals surface area (Å²) in [5, 5.41) is 8.88. The number of nitriles is 1. The van der Waals surface area contributed by atoms with Gasteiger partial charge in [0.25, 0.3) is 0 Å². The maximum Gasteiger partial charge on any atom is 0.214 e. The molecule has 0 aliphatic carbocycles. The Morgan fingerprint density at radius 1 is 1.32 bits per heavy atom. The minimum atomic E-state index is 0.478.